The van der Waals surface area contributed by atoms with E-state index in [2.05, 4.69) is 0 Å². The third kappa shape index (κ3) is 2.03. The summed E-state index contributed by atoms with van der Waals surface area (Å²) in [6.45, 7) is 5.70. The molecule has 0 aromatic carbocycles. The fraction of sp³-hybridized carbons (Fsp3) is 0.900. The van der Waals surface area contributed by atoms with Gasteiger partial charge in [-0.05, 0) is 27.2 Å². The van der Waals surface area contributed by atoms with E-state index < -0.39 is 21.5 Å². The van der Waals surface area contributed by atoms with Crippen LogP contribution in [0.4, 0.5) is 4.79 Å². The molecule has 0 radical (unpaired) electrons. The van der Waals surface area contributed by atoms with E-state index in [1.807, 2.05) is 0 Å². The number of fused-ring (bicyclic) bond motifs is 2. The second kappa shape index (κ2) is 3.35. The van der Waals surface area contributed by atoms with Gasteiger partial charge in [-0.1, -0.05) is 0 Å². The van der Waals surface area contributed by atoms with Gasteiger partial charge in [-0.15, -0.1) is 0 Å². The third-order valence-corrected chi connectivity index (χ3v) is 5.14. The molecule has 6 heteroatoms. The number of carbonyl (C=O) groups excluding carboxylic acids is 1. The molecule has 2 rings (SSSR count). The van der Waals surface area contributed by atoms with Gasteiger partial charge in [0.1, 0.15) is 5.60 Å². The summed E-state index contributed by atoms with van der Waals surface area (Å²) in [4.78, 5) is 13.3. The number of ether oxygens (including phenoxy) is 1. The molecule has 0 saturated carbocycles. The predicted octanol–water partition coefficient (Wildman–Crippen LogP) is 0.793. The second-order valence-corrected chi connectivity index (χ2v) is 7.80. The highest BCUT2D eigenvalue weighted by molar-refractivity contribution is 7.92. The minimum absolute atomic E-state index is 0.0942. The molecule has 16 heavy (non-hydrogen) atoms. The first-order chi connectivity index (χ1) is 7.19. The smallest absolute Gasteiger partial charge is 0.410 e. The molecule has 0 aliphatic carbocycles. The topological polar surface area (TPSA) is 63.7 Å². The maximum absolute atomic E-state index is 11.8. The lowest BCUT2D eigenvalue weighted by Crippen LogP contribution is -2.46. The van der Waals surface area contributed by atoms with Gasteiger partial charge in [-0.3, -0.25) is 0 Å². The van der Waals surface area contributed by atoms with Gasteiger partial charge < -0.3 is 9.64 Å². The van der Waals surface area contributed by atoms with Crippen LogP contribution in [0.5, 0.6) is 0 Å². The number of sulfone groups is 1. The summed E-state index contributed by atoms with van der Waals surface area (Å²) in [5.41, 5.74) is -0.530. The number of carbonyl (C=O) groups is 1. The number of rotatable bonds is 0. The Bertz CT molecular complexity index is 409. The zero-order valence-corrected chi connectivity index (χ0v) is 10.6. The van der Waals surface area contributed by atoms with E-state index in [-0.39, 0.29) is 17.0 Å². The van der Waals surface area contributed by atoms with E-state index in [9.17, 15) is 13.2 Å². The Morgan fingerprint density at radius 3 is 2.38 bits per heavy atom. The summed E-state index contributed by atoms with van der Waals surface area (Å²) in [6.07, 6.45) is 0.177. The van der Waals surface area contributed by atoms with Crippen molar-refractivity contribution in [3.63, 3.8) is 0 Å². The van der Waals surface area contributed by atoms with E-state index >= 15 is 0 Å². The largest absolute Gasteiger partial charge is 0.444 e. The van der Waals surface area contributed by atoms with Crippen LogP contribution >= 0.6 is 0 Å². The highest BCUT2D eigenvalue weighted by atomic mass is 32.2. The van der Waals surface area contributed by atoms with E-state index in [4.69, 9.17) is 4.74 Å². The molecule has 2 aliphatic rings. The van der Waals surface area contributed by atoms with Crippen molar-refractivity contribution in [2.45, 2.75) is 44.1 Å². The van der Waals surface area contributed by atoms with Crippen LogP contribution in [-0.2, 0) is 14.6 Å². The number of hydrogen-bond acceptors (Lipinski definition) is 4. The molecule has 2 bridgehead atoms. The summed E-state index contributed by atoms with van der Waals surface area (Å²) in [7, 11) is -2.95. The fourth-order valence-corrected chi connectivity index (χ4v) is 4.27. The summed E-state index contributed by atoms with van der Waals surface area (Å²) in [5.74, 6) is 0.0942. The quantitative estimate of drug-likeness (QED) is 0.635. The van der Waals surface area contributed by atoms with Crippen LogP contribution in [0.15, 0.2) is 0 Å². The van der Waals surface area contributed by atoms with Gasteiger partial charge >= 0.3 is 6.09 Å². The Morgan fingerprint density at radius 1 is 1.38 bits per heavy atom. The van der Waals surface area contributed by atoms with Crippen molar-refractivity contribution in [2.24, 2.45) is 0 Å². The number of likely N-dealkylation sites (tertiary alicyclic amines) is 1. The van der Waals surface area contributed by atoms with Gasteiger partial charge in [0.2, 0.25) is 0 Å². The molecule has 2 heterocycles. The lowest BCUT2D eigenvalue weighted by molar-refractivity contribution is 0.0237. The van der Waals surface area contributed by atoms with Crippen molar-refractivity contribution in [3.8, 4) is 0 Å². The summed E-state index contributed by atoms with van der Waals surface area (Å²) in [6, 6.07) is -0.176. The van der Waals surface area contributed by atoms with E-state index in [0.29, 0.717) is 13.0 Å². The SMILES string of the molecule is CC(C)(C)OC(=O)N1C[C@@H]2CC1CS2(=O)=O. The van der Waals surface area contributed by atoms with Crippen LogP contribution in [0, 0.1) is 0 Å². The number of hydrogen-bond donors (Lipinski definition) is 0. The highest BCUT2D eigenvalue weighted by Gasteiger charge is 2.50. The summed E-state index contributed by atoms with van der Waals surface area (Å²) < 4.78 is 28.2. The van der Waals surface area contributed by atoms with Gasteiger partial charge in [0, 0.05) is 6.54 Å². The Balaban J connectivity index is 2.04. The molecule has 0 aromatic rings. The Labute approximate surface area is 95.7 Å². The van der Waals surface area contributed by atoms with E-state index in [0.717, 1.165) is 0 Å². The Morgan fingerprint density at radius 2 is 2.00 bits per heavy atom. The molecule has 1 unspecified atom stereocenters. The average molecular weight is 247 g/mol. The minimum Gasteiger partial charge on any atom is -0.444 e. The van der Waals surface area contributed by atoms with Crippen LogP contribution in [0.25, 0.3) is 0 Å². The normalized spacial score (nSPS) is 31.8. The lowest BCUT2D eigenvalue weighted by Gasteiger charge is -2.29. The fourth-order valence-electron chi connectivity index (χ4n) is 2.24. The van der Waals surface area contributed by atoms with Gasteiger partial charge in [0.15, 0.2) is 9.84 Å². The molecule has 0 N–H and O–H groups in total. The molecule has 1 amide bonds. The molecule has 2 saturated heterocycles. The molecule has 5 nitrogen and oxygen atoms in total. The van der Waals surface area contributed by atoms with Crippen LogP contribution in [0.2, 0.25) is 0 Å². The van der Waals surface area contributed by atoms with E-state index in [1.54, 1.807) is 25.7 Å². The van der Waals surface area contributed by atoms with Crippen LogP contribution < -0.4 is 0 Å². The first kappa shape index (κ1) is 11.7. The molecular weight excluding hydrogens is 230 g/mol. The zero-order valence-electron chi connectivity index (χ0n) is 9.76. The van der Waals surface area contributed by atoms with Crippen LogP contribution in [-0.4, -0.2) is 48.6 Å². The molecule has 92 valence electrons. The Hall–Kier alpha value is -0.780. The maximum Gasteiger partial charge on any atom is 0.410 e. The monoisotopic (exact) mass is 247 g/mol. The molecule has 2 fully saturated rings. The maximum atomic E-state index is 11.8. The third-order valence-electron chi connectivity index (χ3n) is 2.94. The van der Waals surface area contributed by atoms with Crippen molar-refractivity contribution in [2.75, 3.05) is 12.3 Å². The van der Waals surface area contributed by atoms with Gasteiger partial charge in [0.05, 0.1) is 17.0 Å². The van der Waals surface area contributed by atoms with Crippen molar-refractivity contribution in [1.29, 1.82) is 0 Å². The van der Waals surface area contributed by atoms with Gasteiger partial charge in [0.25, 0.3) is 0 Å². The predicted molar refractivity (Wildman–Crippen MR) is 58.9 cm³/mol. The van der Waals surface area contributed by atoms with Crippen molar-refractivity contribution >= 4 is 15.9 Å². The Kier molecular flexibility index (Phi) is 2.45. The molecule has 0 spiro atoms. The molecule has 2 aliphatic heterocycles. The van der Waals surface area contributed by atoms with Gasteiger partial charge in [-0.2, -0.15) is 0 Å². The zero-order chi connectivity index (χ0) is 12.1. The van der Waals surface area contributed by atoms with Crippen LogP contribution in [0.3, 0.4) is 0 Å². The minimum atomic E-state index is -2.95. The number of amides is 1. The lowest BCUT2D eigenvalue weighted by atomic mass is 10.2. The summed E-state index contributed by atoms with van der Waals surface area (Å²) >= 11 is 0. The van der Waals surface area contributed by atoms with Gasteiger partial charge in [-0.25, -0.2) is 13.2 Å². The van der Waals surface area contributed by atoms with Crippen LogP contribution in [0.1, 0.15) is 27.2 Å². The number of nitrogens with zero attached hydrogens (tertiary/aromatic N) is 1. The highest BCUT2D eigenvalue weighted by Crippen LogP contribution is 2.33. The average Bonchev–Trinajstić information content (AvgIpc) is 2.54. The van der Waals surface area contributed by atoms with E-state index in [1.165, 1.54) is 0 Å². The van der Waals surface area contributed by atoms with Crippen molar-refractivity contribution in [1.82, 2.24) is 4.90 Å². The molecular formula is C10H17NO4S. The van der Waals surface area contributed by atoms with Crippen molar-refractivity contribution < 1.29 is 17.9 Å². The first-order valence-corrected chi connectivity index (χ1v) is 7.12. The van der Waals surface area contributed by atoms with Crippen molar-refractivity contribution in [3.05, 3.63) is 0 Å². The standard InChI is InChI=1S/C10H17NO4S/c1-10(2,3)15-9(12)11-5-8-4-7(11)6-16(8,13)14/h7-8H,4-6H2,1-3H3/t7?,8-/m0/s1. The molecule has 2 atom stereocenters. The summed E-state index contributed by atoms with van der Waals surface area (Å²) in [5, 5.41) is -0.370. The second-order valence-electron chi connectivity index (χ2n) is 5.47. The first-order valence-electron chi connectivity index (χ1n) is 5.40. The molecule has 0 aromatic heterocycles.